The number of aryl methyl sites for hydroxylation is 2. The first-order valence-electron chi connectivity index (χ1n) is 9.13. The largest absolute Gasteiger partial charge is 0.322 e. The zero-order valence-corrected chi connectivity index (χ0v) is 16.3. The summed E-state index contributed by atoms with van der Waals surface area (Å²) in [5.74, 6) is 0. The van der Waals surface area contributed by atoms with Crippen LogP contribution in [-0.2, 0) is 38.8 Å². The van der Waals surface area contributed by atoms with Crippen molar-refractivity contribution in [3.05, 3.63) is 43.8 Å². The molecule has 0 saturated carbocycles. The Morgan fingerprint density at radius 3 is 2.52 bits per heavy atom. The van der Waals surface area contributed by atoms with Crippen LogP contribution < -0.4 is 5.32 Å². The smallest absolute Gasteiger partial charge is 0.317 e. The normalized spacial score (nSPS) is 18.0. The number of anilines is 1. The van der Waals surface area contributed by atoms with Gasteiger partial charge < -0.3 is 10.2 Å². The molecule has 5 nitrogen and oxygen atoms in total. The fraction of sp³-hybridized carbons (Fsp3) is 0.474. The molecule has 0 fully saturated rings. The first-order valence-corrected chi connectivity index (χ1v) is 10.2. The molecular formula is C19H21IN4O. The molecule has 1 aromatic heterocycles. The van der Waals surface area contributed by atoms with E-state index in [9.17, 15) is 4.79 Å². The monoisotopic (exact) mass is 448 g/mol. The van der Waals surface area contributed by atoms with Gasteiger partial charge in [-0.3, -0.25) is 4.68 Å². The summed E-state index contributed by atoms with van der Waals surface area (Å²) in [5.41, 5.74) is 7.99. The Kier molecular flexibility index (Phi) is 3.76. The maximum atomic E-state index is 13.0. The summed E-state index contributed by atoms with van der Waals surface area (Å²) in [5, 5.41) is 7.69. The van der Waals surface area contributed by atoms with Gasteiger partial charge in [-0.2, -0.15) is 5.10 Å². The average molecular weight is 448 g/mol. The number of hydrogen-bond acceptors (Lipinski definition) is 2. The molecule has 0 atom stereocenters. The third kappa shape index (κ3) is 2.56. The molecule has 3 aliphatic rings. The number of nitrogens with zero attached hydrogens (tertiary/aromatic N) is 3. The van der Waals surface area contributed by atoms with E-state index in [-0.39, 0.29) is 6.03 Å². The number of fused-ring (bicyclic) bond motifs is 3. The van der Waals surface area contributed by atoms with Gasteiger partial charge in [0.2, 0.25) is 0 Å². The van der Waals surface area contributed by atoms with Crippen molar-refractivity contribution in [1.29, 1.82) is 0 Å². The minimum atomic E-state index is 0.0395. The van der Waals surface area contributed by atoms with Crippen LogP contribution in [0.3, 0.4) is 0 Å². The van der Waals surface area contributed by atoms with Crippen LogP contribution in [0.4, 0.5) is 10.5 Å². The Bertz CT molecular complexity index is 841. The number of rotatable bonds is 1. The third-order valence-electron chi connectivity index (χ3n) is 5.81. The van der Waals surface area contributed by atoms with E-state index in [1.54, 1.807) is 0 Å². The molecule has 0 saturated heterocycles. The maximum absolute atomic E-state index is 13.0. The molecule has 0 unspecified atom stereocenters. The molecule has 2 heterocycles. The highest BCUT2D eigenvalue weighted by Gasteiger charge is 2.28. The van der Waals surface area contributed by atoms with Crippen molar-refractivity contribution < 1.29 is 4.79 Å². The van der Waals surface area contributed by atoms with Gasteiger partial charge in [-0.25, -0.2) is 4.79 Å². The zero-order chi connectivity index (χ0) is 17.0. The number of benzene rings is 1. The summed E-state index contributed by atoms with van der Waals surface area (Å²) >= 11 is 2.30. The van der Waals surface area contributed by atoms with E-state index in [0.29, 0.717) is 13.1 Å². The summed E-state index contributed by atoms with van der Waals surface area (Å²) in [4.78, 5) is 14.9. The topological polar surface area (TPSA) is 50.2 Å². The van der Waals surface area contributed by atoms with Gasteiger partial charge in [0.15, 0.2) is 0 Å². The lowest BCUT2D eigenvalue weighted by Crippen LogP contribution is -2.41. The lowest BCUT2D eigenvalue weighted by atomic mass is 9.99. The number of aromatic nitrogens is 2. The van der Waals surface area contributed by atoms with E-state index >= 15 is 0 Å². The van der Waals surface area contributed by atoms with Crippen molar-refractivity contribution in [3.8, 4) is 0 Å². The lowest BCUT2D eigenvalue weighted by Gasteiger charge is -2.29. The minimum absolute atomic E-state index is 0.0395. The zero-order valence-electron chi connectivity index (χ0n) is 14.1. The van der Waals surface area contributed by atoms with Gasteiger partial charge in [0, 0.05) is 12.2 Å². The van der Waals surface area contributed by atoms with Crippen molar-refractivity contribution >= 4 is 34.3 Å². The Balaban J connectivity index is 1.43. The van der Waals surface area contributed by atoms with E-state index in [4.69, 9.17) is 0 Å². The molecule has 1 N–H and O–H groups in total. The van der Waals surface area contributed by atoms with Crippen molar-refractivity contribution in [2.45, 2.75) is 51.6 Å². The Labute approximate surface area is 160 Å². The number of amides is 2. The standard InChI is InChI=1S/C19H21IN4O/c20-16-10-21-24-8-7-23(11-17(16)24)19(25)22-18-14-5-1-3-12(14)9-13-4-2-6-15(13)18/h9-10H,1-8,11H2,(H,22,25). The highest BCUT2D eigenvalue weighted by atomic mass is 127. The van der Waals surface area contributed by atoms with Crippen LogP contribution in [0, 0.1) is 3.57 Å². The summed E-state index contributed by atoms with van der Waals surface area (Å²) in [6, 6.07) is 2.44. The van der Waals surface area contributed by atoms with E-state index in [2.05, 4.69) is 39.1 Å². The Morgan fingerprint density at radius 2 is 1.80 bits per heavy atom. The van der Waals surface area contributed by atoms with Gasteiger partial charge in [0.25, 0.3) is 0 Å². The second-order valence-electron chi connectivity index (χ2n) is 7.25. The van der Waals surface area contributed by atoms with Crippen LogP contribution in [0.5, 0.6) is 0 Å². The van der Waals surface area contributed by atoms with Gasteiger partial charge in [0.05, 0.1) is 28.6 Å². The van der Waals surface area contributed by atoms with Crippen molar-refractivity contribution in [3.63, 3.8) is 0 Å². The molecule has 0 spiro atoms. The second kappa shape index (κ2) is 6.00. The molecule has 0 radical (unpaired) electrons. The fourth-order valence-corrected chi connectivity index (χ4v) is 5.11. The van der Waals surface area contributed by atoms with E-state index in [1.807, 2.05) is 15.8 Å². The van der Waals surface area contributed by atoms with Crippen LogP contribution in [0.2, 0.25) is 0 Å². The molecule has 1 aromatic carbocycles. The second-order valence-corrected chi connectivity index (χ2v) is 8.41. The molecule has 2 aliphatic carbocycles. The molecule has 2 aromatic rings. The summed E-state index contributed by atoms with van der Waals surface area (Å²) in [6.45, 7) is 2.13. The van der Waals surface area contributed by atoms with E-state index in [0.717, 1.165) is 47.2 Å². The summed E-state index contributed by atoms with van der Waals surface area (Å²) < 4.78 is 3.15. The molecule has 5 rings (SSSR count). The van der Waals surface area contributed by atoms with Gasteiger partial charge in [-0.05, 0) is 83.4 Å². The number of urea groups is 1. The maximum Gasteiger partial charge on any atom is 0.322 e. The molecule has 1 aliphatic heterocycles. The first-order chi connectivity index (χ1) is 12.2. The Morgan fingerprint density at radius 1 is 1.08 bits per heavy atom. The number of carbonyl (C=O) groups is 1. The number of hydrogen-bond donors (Lipinski definition) is 1. The molecule has 2 amide bonds. The van der Waals surface area contributed by atoms with E-state index in [1.165, 1.54) is 35.1 Å². The SMILES string of the molecule is O=C(Nc1c2c(cc3c1CCC3)CCC2)N1CCn2ncc(I)c2C1. The molecule has 25 heavy (non-hydrogen) atoms. The van der Waals surface area contributed by atoms with E-state index < -0.39 is 0 Å². The highest BCUT2D eigenvalue weighted by molar-refractivity contribution is 14.1. The van der Waals surface area contributed by atoms with Crippen LogP contribution in [0.15, 0.2) is 12.3 Å². The number of halogens is 1. The van der Waals surface area contributed by atoms with Crippen LogP contribution >= 0.6 is 22.6 Å². The Hall–Kier alpha value is -1.57. The lowest BCUT2D eigenvalue weighted by molar-refractivity contribution is 0.194. The first kappa shape index (κ1) is 15.7. The van der Waals surface area contributed by atoms with Gasteiger partial charge in [0.1, 0.15) is 0 Å². The third-order valence-corrected chi connectivity index (χ3v) is 6.71. The predicted molar refractivity (Wildman–Crippen MR) is 105 cm³/mol. The fourth-order valence-electron chi connectivity index (χ4n) is 4.54. The molecule has 6 heteroatoms. The molecular weight excluding hydrogens is 427 g/mol. The molecule has 130 valence electrons. The summed E-state index contributed by atoms with van der Waals surface area (Å²) in [6.07, 6.45) is 8.82. The van der Waals surface area contributed by atoms with Crippen LogP contribution in [0.1, 0.15) is 40.8 Å². The highest BCUT2D eigenvalue weighted by Crippen LogP contribution is 2.38. The van der Waals surface area contributed by atoms with Crippen molar-refractivity contribution in [2.75, 3.05) is 11.9 Å². The minimum Gasteiger partial charge on any atom is -0.317 e. The van der Waals surface area contributed by atoms with Crippen LogP contribution in [-0.4, -0.2) is 27.3 Å². The van der Waals surface area contributed by atoms with Gasteiger partial charge >= 0.3 is 6.03 Å². The summed E-state index contributed by atoms with van der Waals surface area (Å²) in [7, 11) is 0. The van der Waals surface area contributed by atoms with Crippen LogP contribution in [0.25, 0.3) is 0 Å². The quantitative estimate of drug-likeness (QED) is 0.679. The average Bonchev–Trinajstić information content (AvgIpc) is 3.34. The molecule has 0 bridgehead atoms. The van der Waals surface area contributed by atoms with Crippen molar-refractivity contribution in [2.24, 2.45) is 0 Å². The number of carbonyl (C=O) groups excluding carboxylic acids is 1. The number of nitrogens with one attached hydrogen (secondary N) is 1. The van der Waals surface area contributed by atoms with Gasteiger partial charge in [-0.15, -0.1) is 0 Å². The van der Waals surface area contributed by atoms with Crippen molar-refractivity contribution in [1.82, 2.24) is 14.7 Å². The predicted octanol–water partition coefficient (Wildman–Crippen LogP) is 3.51. The van der Waals surface area contributed by atoms with Gasteiger partial charge in [-0.1, -0.05) is 6.07 Å².